The Bertz CT molecular complexity index is 543. The number of anilines is 1. The minimum Gasteiger partial charge on any atom is -0.443 e. The van der Waals surface area contributed by atoms with Gasteiger partial charge in [-0.15, -0.1) is 0 Å². The second-order valence-corrected chi connectivity index (χ2v) is 5.94. The van der Waals surface area contributed by atoms with Crippen LogP contribution in [-0.4, -0.2) is 17.6 Å². The van der Waals surface area contributed by atoms with E-state index in [1.54, 1.807) is 26.8 Å². The smallest absolute Gasteiger partial charge is 0.421 e. The summed E-state index contributed by atoms with van der Waals surface area (Å²) in [6.07, 6.45) is -0.605. The molecule has 0 radical (unpaired) electrons. The molecule has 1 aliphatic rings. The fourth-order valence-corrected chi connectivity index (χ4v) is 2.17. The van der Waals surface area contributed by atoms with Gasteiger partial charge in [0.2, 0.25) is 5.91 Å². The third-order valence-corrected chi connectivity index (χ3v) is 3.06. The third-order valence-electron chi connectivity index (χ3n) is 3.06. The molecule has 0 aromatic heterocycles. The molecule has 2 rings (SSSR count). The maximum Gasteiger partial charge on any atom is 0.421 e. The molecule has 0 saturated heterocycles. The number of hydrogen-bond donors (Lipinski definition) is 0. The number of hydrogen-bond acceptors (Lipinski definition) is 3. The summed E-state index contributed by atoms with van der Waals surface area (Å²) in [7, 11) is 0. The highest BCUT2D eigenvalue weighted by Crippen LogP contribution is 2.38. The van der Waals surface area contributed by atoms with Crippen LogP contribution in [0.5, 0.6) is 0 Å². The lowest BCUT2D eigenvalue weighted by molar-refractivity contribution is -0.118. The Balaban J connectivity index is 2.39. The molecule has 2 amide bonds. The van der Waals surface area contributed by atoms with E-state index in [2.05, 4.69) is 0 Å². The Labute approximate surface area is 113 Å². The van der Waals surface area contributed by atoms with Gasteiger partial charge in [-0.05, 0) is 46.2 Å². The number of imide groups is 1. The molecule has 0 fully saturated rings. The van der Waals surface area contributed by atoms with Gasteiger partial charge in [-0.1, -0.05) is 17.7 Å². The van der Waals surface area contributed by atoms with Gasteiger partial charge in [0.15, 0.2) is 0 Å². The van der Waals surface area contributed by atoms with Crippen molar-refractivity contribution in [2.75, 3.05) is 4.90 Å². The third kappa shape index (κ3) is 2.48. The summed E-state index contributed by atoms with van der Waals surface area (Å²) in [5.74, 6) is -0.530. The molecule has 4 heteroatoms. The first-order valence-electron chi connectivity index (χ1n) is 6.38. The Hall–Kier alpha value is -1.84. The monoisotopic (exact) mass is 261 g/mol. The van der Waals surface area contributed by atoms with Crippen LogP contribution >= 0.6 is 0 Å². The molecule has 0 aliphatic carbocycles. The van der Waals surface area contributed by atoms with Crippen LogP contribution in [0.15, 0.2) is 18.2 Å². The van der Waals surface area contributed by atoms with Crippen LogP contribution < -0.4 is 4.90 Å². The topological polar surface area (TPSA) is 46.6 Å². The first-order chi connectivity index (χ1) is 8.70. The number of ether oxygens (including phenoxy) is 1. The average Bonchev–Trinajstić information content (AvgIpc) is 2.50. The number of nitrogens with zero attached hydrogens (tertiary/aromatic N) is 1. The van der Waals surface area contributed by atoms with Gasteiger partial charge in [0.05, 0.1) is 11.6 Å². The zero-order valence-electron chi connectivity index (χ0n) is 12.0. The normalized spacial score (nSPS) is 18.5. The molecule has 0 saturated carbocycles. The van der Waals surface area contributed by atoms with Gasteiger partial charge in [0.25, 0.3) is 0 Å². The lowest BCUT2D eigenvalue weighted by Crippen LogP contribution is -2.39. The quantitative estimate of drug-likeness (QED) is 0.719. The number of fused-ring (bicyclic) bond motifs is 1. The van der Waals surface area contributed by atoms with E-state index >= 15 is 0 Å². The lowest BCUT2D eigenvalue weighted by Gasteiger charge is -2.23. The average molecular weight is 261 g/mol. The van der Waals surface area contributed by atoms with Crippen LogP contribution in [0.3, 0.4) is 0 Å². The fourth-order valence-electron chi connectivity index (χ4n) is 2.17. The molecular weight excluding hydrogens is 242 g/mol. The number of rotatable bonds is 0. The van der Waals surface area contributed by atoms with E-state index in [-0.39, 0.29) is 11.8 Å². The minimum atomic E-state index is -0.617. The highest BCUT2D eigenvalue weighted by molar-refractivity contribution is 6.19. The Morgan fingerprint density at radius 1 is 1.32 bits per heavy atom. The number of carbonyl (C=O) groups is 2. The van der Waals surface area contributed by atoms with E-state index < -0.39 is 11.7 Å². The van der Waals surface area contributed by atoms with E-state index in [1.165, 1.54) is 0 Å². The first-order valence-corrected chi connectivity index (χ1v) is 6.38. The Morgan fingerprint density at radius 3 is 2.53 bits per heavy atom. The van der Waals surface area contributed by atoms with Gasteiger partial charge >= 0.3 is 6.09 Å². The Morgan fingerprint density at radius 2 is 1.95 bits per heavy atom. The highest BCUT2D eigenvalue weighted by atomic mass is 16.6. The molecule has 4 nitrogen and oxygen atoms in total. The van der Waals surface area contributed by atoms with Crippen molar-refractivity contribution in [3.8, 4) is 0 Å². The van der Waals surface area contributed by atoms with Gasteiger partial charge in [0, 0.05) is 0 Å². The molecule has 1 aromatic carbocycles. The van der Waals surface area contributed by atoms with Crippen molar-refractivity contribution < 1.29 is 14.3 Å². The fraction of sp³-hybridized carbons (Fsp3) is 0.467. The maximum atomic E-state index is 12.2. The zero-order chi connectivity index (χ0) is 14.4. The molecule has 0 spiro atoms. The van der Waals surface area contributed by atoms with E-state index in [0.29, 0.717) is 5.69 Å². The summed E-state index contributed by atoms with van der Waals surface area (Å²) in [4.78, 5) is 25.5. The minimum absolute atomic E-state index is 0.227. The van der Waals surface area contributed by atoms with E-state index in [4.69, 9.17) is 4.74 Å². The van der Waals surface area contributed by atoms with Crippen molar-refractivity contribution in [3.05, 3.63) is 29.3 Å². The van der Waals surface area contributed by atoms with Crippen LogP contribution in [0.4, 0.5) is 10.5 Å². The second-order valence-electron chi connectivity index (χ2n) is 5.94. The lowest BCUT2D eigenvalue weighted by atomic mass is 10.0. The molecule has 1 heterocycles. The molecule has 0 N–H and O–H groups in total. The van der Waals surface area contributed by atoms with Crippen molar-refractivity contribution in [1.82, 2.24) is 0 Å². The summed E-state index contributed by atoms with van der Waals surface area (Å²) in [5, 5.41) is 0. The molecule has 102 valence electrons. The molecule has 1 unspecified atom stereocenters. The van der Waals surface area contributed by atoms with Crippen LogP contribution in [0.25, 0.3) is 0 Å². The van der Waals surface area contributed by atoms with Gasteiger partial charge in [0.1, 0.15) is 5.60 Å². The molecular formula is C15H19NO3. The van der Waals surface area contributed by atoms with Crippen molar-refractivity contribution in [1.29, 1.82) is 0 Å². The second kappa shape index (κ2) is 4.37. The number of aryl methyl sites for hydroxylation is 1. The van der Waals surface area contributed by atoms with E-state index in [9.17, 15) is 9.59 Å². The van der Waals surface area contributed by atoms with Gasteiger partial charge in [-0.2, -0.15) is 0 Å². The van der Waals surface area contributed by atoms with E-state index in [0.717, 1.165) is 16.0 Å². The first kappa shape index (κ1) is 13.6. The van der Waals surface area contributed by atoms with E-state index in [1.807, 2.05) is 26.0 Å². The molecule has 19 heavy (non-hydrogen) atoms. The standard InChI is InChI=1S/C15H19NO3/c1-9-6-7-12-11(8-9)10(2)13(17)16(12)14(18)19-15(3,4)5/h6-8,10H,1-5H3. The summed E-state index contributed by atoms with van der Waals surface area (Å²) in [6.45, 7) is 9.12. The predicted molar refractivity (Wildman–Crippen MR) is 73.3 cm³/mol. The molecule has 0 bridgehead atoms. The van der Waals surface area contributed by atoms with Crippen LogP contribution in [0, 0.1) is 6.92 Å². The van der Waals surface area contributed by atoms with Crippen LogP contribution in [0.1, 0.15) is 44.7 Å². The molecule has 1 aromatic rings. The highest BCUT2D eigenvalue weighted by Gasteiger charge is 2.40. The molecule has 1 atom stereocenters. The van der Waals surface area contributed by atoms with Gasteiger partial charge in [-0.3, -0.25) is 4.79 Å². The van der Waals surface area contributed by atoms with Crippen molar-refractivity contribution in [2.45, 2.75) is 46.1 Å². The van der Waals surface area contributed by atoms with Gasteiger partial charge < -0.3 is 4.74 Å². The van der Waals surface area contributed by atoms with Crippen molar-refractivity contribution in [3.63, 3.8) is 0 Å². The number of carbonyl (C=O) groups excluding carboxylic acids is 2. The number of amides is 2. The largest absolute Gasteiger partial charge is 0.443 e. The SMILES string of the molecule is Cc1ccc2c(c1)C(C)C(=O)N2C(=O)OC(C)(C)C. The summed E-state index contributed by atoms with van der Waals surface area (Å²) in [5.41, 5.74) is 1.98. The zero-order valence-corrected chi connectivity index (χ0v) is 12.0. The van der Waals surface area contributed by atoms with Gasteiger partial charge in [-0.25, -0.2) is 9.69 Å². The summed E-state index contributed by atoms with van der Waals surface area (Å²) in [6, 6.07) is 5.64. The molecule has 1 aliphatic heterocycles. The van der Waals surface area contributed by atoms with Crippen molar-refractivity contribution in [2.24, 2.45) is 0 Å². The summed E-state index contributed by atoms with van der Waals surface area (Å²) < 4.78 is 5.29. The van der Waals surface area contributed by atoms with Crippen LogP contribution in [0.2, 0.25) is 0 Å². The number of benzene rings is 1. The van der Waals surface area contributed by atoms with Crippen LogP contribution in [-0.2, 0) is 9.53 Å². The Kier molecular flexibility index (Phi) is 3.12. The predicted octanol–water partition coefficient (Wildman–Crippen LogP) is 3.38. The summed E-state index contributed by atoms with van der Waals surface area (Å²) >= 11 is 0. The maximum absolute atomic E-state index is 12.2. The van der Waals surface area contributed by atoms with Crippen molar-refractivity contribution >= 4 is 17.7 Å².